The minimum atomic E-state index is -0.809. The number of pyridine rings is 1. The molecule has 0 saturated carbocycles. The quantitative estimate of drug-likeness (QED) is 0.862. The van der Waals surface area contributed by atoms with Crippen LogP contribution in [0.1, 0.15) is 12.8 Å². The Labute approximate surface area is 100 Å². The zero-order valence-electron chi connectivity index (χ0n) is 9.90. The molecule has 1 aliphatic rings. The molecule has 94 valence electrons. The van der Waals surface area contributed by atoms with Crippen LogP contribution >= 0.6 is 0 Å². The van der Waals surface area contributed by atoms with Crippen molar-refractivity contribution in [3.63, 3.8) is 0 Å². The Kier molecular flexibility index (Phi) is 3.59. The molecular formula is C12H17FN2O2. The molecule has 0 spiro atoms. The van der Waals surface area contributed by atoms with E-state index in [4.69, 9.17) is 4.74 Å². The molecule has 0 radical (unpaired) electrons. The molecule has 1 N–H and O–H groups in total. The Hall–Kier alpha value is -1.20. The van der Waals surface area contributed by atoms with Gasteiger partial charge in [-0.3, -0.25) is 0 Å². The first-order valence-corrected chi connectivity index (χ1v) is 5.72. The minimum absolute atomic E-state index is 0.271. The molecule has 0 bridgehead atoms. The molecule has 0 amide bonds. The summed E-state index contributed by atoms with van der Waals surface area (Å²) in [5.41, 5.74) is -0.809. The van der Waals surface area contributed by atoms with Crippen LogP contribution in [0, 0.1) is 5.82 Å². The second-order valence-corrected chi connectivity index (χ2v) is 4.50. The molecular weight excluding hydrogens is 223 g/mol. The van der Waals surface area contributed by atoms with Crippen molar-refractivity contribution in [1.29, 1.82) is 0 Å². The fourth-order valence-corrected chi connectivity index (χ4v) is 2.08. The molecule has 4 nitrogen and oxygen atoms in total. The van der Waals surface area contributed by atoms with Crippen LogP contribution in [0.4, 0.5) is 10.2 Å². The van der Waals surface area contributed by atoms with Gasteiger partial charge >= 0.3 is 0 Å². The normalized spacial score (nSPS) is 19.0. The summed E-state index contributed by atoms with van der Waals surface area (Å²) in [5.74, 6) is -0.0990. The standard InChI is InChI=1S/C12H17FN2O2/c1-15(11-10(13)3-2-6-14-11)9-12(16)4-7-17-8-5-12/h2-3,6,16H,4-5,7-9H2,1H3. The van der Waals surface area contributed by atoms with Crippen LogP contribution in [0.15, 0.2) is 18.3 Å². The van der Waals surface area contributed by atoms with E-state index in [1.807, 2.05) is 0 Å². The number of hydrogen-bond donors (Lipinski definition) is 1. The van der Waals surface area contributed by atoms with E-state index in [-0.39, 0.29) is 11.6 Å². The van der Waals surface area contributed by atoms with Crippen molar-refractivity contribution in [2.24, 2.45) is 0 Å². The predicted octanol–water partition coefficient (Wildman–Crippen LogP) is 1.20. The number of likely N-dealkylation sites (N-methyl/N-ethyl adjacent to an activating group) is 1. The highest BCUT2D eigenvalue weighted by Gasteiger charge is 2.31. The van der Waals surface area contributed by atoms with E-state index in [0.29, 0.717) is 32.6 Å². The second-order valence-electron chi connectivity index (χ2n) is 4.50. The molecule has 1 aromatic heterocycles. The summed E-state index contributed by atoms with van der Waals surface area (Å²) < 4.78 is 18.7. The maximum Gasteiger partial charge on any atom is 0.165 e. The summed E-state index contributed by atoms with van der Waals surface area (Å²) in [6.07, 6.45) is 2.69. The summed E-state index contributed by atoms with van der Waals surface area (Å²) in [7, 11) is 1.73. The zero-order chi connectivity index (χ0) is 12.3. The summed E-state index contributed by atoms with van der Waals surface area (Å²) >= 11 is 0. The molecule has 0 atom stereocenters. The van der Waals surface area contributed by atoms with Gasteiger partial charge in [-0.25, -0.2) is 9.37 Å². The van der Waals surface area contributed by atoms with E-state index < -0.39 is 5.60 Å². The van der Waals surface area contributed by atoms with Gasteiger partial charge < -0.3 is 14.7 Å². The highest BCUT2D eigenvalue weighted by atomic mass is 19.1. The first kappa shape index (κ1) is 12.3. The fourth-order valence-electron chi connectivity index (χ4n) is 2.08. The third-order valence-corrected chi connectivity index (χ3v) is 3.06. The Morgan fingerprint density at radius 2 is 2.24 bits per heavy atom. The van der Waals surface area contributed by atoms with Crippen LogP contribution in [0.2, 0.25) is 0 Å². The number of ether oxygens (including phenoxy) is 1. The molecule has 5 heteroatoms. The molecule has 17 heavy (non-hydrogen) atoms. The minimum Gasteiger partial charge on any atom is -0.388 e. The van der Waals surface area contributed by atoms with Crippen molar-refractivity contribution >= 4 is 5.82 Å². The number of aliphatic hydroxyl groups is 1. The second kappa shape index (κ2) is 4.98. The van der Waals surface area contributed by atoms with Crippen molar-refractivity contribution in [3.8, 4) is 0 Å². The SMILES string of the molecule is CN(CC1(O)CCOCC1)c1ncccc1F. The molecule has 1 fully saturated rings. The van der Waals surface area contributed by atoms with Crippen LogP contribution < -0.4 is 4.90 Å². The lowest BCUT2D eigenvalue weighted by molar-refractivity contribution is -0.0573. The molecule has 0 unspecified atom stereocenters. The van der Waals surface area contributed by atoms with Crippen LogP contribution in [0.5, 0.6) is 0 Å². The molecule has 2 heterocycles. The summed E-state index contributed by atoms with van der Waals surface area (Å²) in [6, 6.07) is 2.92. The van der Waals surface area contributed by atoms with E-state index in [0.717, 1.165) is 0 Å². The van der Waals surface area contributed by atoms with Gasteiger partial charge in [-0.15, -0.1) is 0 Å². The van der Waals surface area contributed by atoms with Gasteiger partial charge in [0.2, 0.25) is 0 Å². The van der Waals surface area contributed by atoms with E-state index in [1.54, 1.807) is 24.2 Å². The van der Waals surface area contributed by atoms with Gasteiger partial charge in [-0.05, 0) is 12.1 Å². The average Bonchev–Trinajstić information content (AvgIpc) is 2.29. The number of anilines is 1. The van der Waals surface area contributed by atoms with Crippen LogP contribution in [0.25, 0.3) is 0 Å². The van der Waals surface area contributed by atoms with E-state index in [2.05, 4.69) is 4.98 Å². The largest absolute Gasteiger partial charge is 0.388 e. The summed E-state index contributed by atoms with van der Waals surface area (Å²) in [6.45, 7) is 1.47. The third kappa shape index (κ3) is 2.92. The Bertz CT molecular complexity index is 381. The van der Waals surface area contributed by atoms with Crippen molar-refractivity contribution in [3.05, 3.63) is 24.1 Å². The number of aromatic nitrogens is 1. The Morgan fingerprint density at radius 1 is 1.53 bits per heavy atom. The lowest BCUT2D eigenvalue weighted by Gasteiger charge is -2.35. The van der Waals surface area contributed by atoms with Crippen molar-refractivity contribution in [2.75, 3.05) is 31.7 Å². The third-order valence-electron chi connectivity index (χ3n) is 3.06. The number of hydrogen-bond acceptors (Lipinski definition) is 4. The first-order chi connectivity index (χ1) is 8.11. The summed E-state index contributed by atoms with van der Waals surface area (Å²) in [4.78, 5) is 5.64. The topological polar surface area (TPSA) is 45.6 Å². The number of rotatable bonds is 3. The van der Waals surface area contributed by atoms with Gasteiger partial charge in [-0.1, -0.05) is 0 Å². The lowest BCUT2D eigenvalue weighted by atomic mass is 9.94. The number of nitrogens with zero attached hydrogens (tertiary/aromatic N) is 2. The maximum absolute atomic E-state index is 13.5. The van der Waals surface area contributed by atoms with E-state index in [9.17, 15) is 9.50 Å². The average molecular weight is 240 g/mol. The van der Waals surface area contributed by atoms with Gasteiger partial charge in [0.1, 0.15) is 0 Å². The molecule has 0 aromatic carbocycles. The fraction of sp³-hybridized carbons (Fsp3) is 0.583. The van der Waals surface area contributed by atoms with Gasteiger partial charge in [0, 0.05) is 45.8 Å². The molecule has 1 aliphatic heterocycles. The Morgan fingerprint density at radius 3 is 2.88 bits per heavy atom. The molecule has 0 aliphatic carbocycles. The highest BCUT2D eigenvalue weighted by Crippen LogP contribution is 2.24. The van der Waals surface area contributed by atoms with Crippen molar-refractivity contribution in [1.82, 2.24) is 4.98 Å². The van der Waals surface area contributed by atoms with Gasteiger partial charge in [0.25, 0.3) is 0 Å². The molecule has 1 aromatic rings. The zero-order valence-corrected chi connectivity index (χ0v) is 9.90. The number of halogens is 1. The van der Waals surface area contributed by atoms with Gasteiger partial charge in [-0.2, -0.15) is 0 Å². The van der Waals surface area contributed by atoms with Crippen molar-refractivity contribution < 1.29 is 14.2 Å². The smallest absolute Gasteiger partial charge is 0.165 e. The summed E-state index contributed by atoms with van der Waals surface area (Å²) in [5, 5.41) is 10.3. The highest BCUT2D eigenvalue weighted by molar-refractivity contribution is 5.39. The van der Waals surface area contributed by atoms with Crippen LogP contribution in [-0.4, -0.2) is 42.5 Å². The monoisotopic (exact) mass is 240 g/mol. The molecule has 1 saturated heterocycles. The van der Waals surface area contributed by atoms with E-state index >= 15 is 0 Å². The van der Waals surface area contributed by atoms with E-state index in [1.165, 1.54) is 6.07 Å². The van der Waals surface area contributed by atoms with Gasteiger partial charge in [0.15, 0.2) is 11.6 Å². The predicted molar refractivity (Wildman–Crippen MR) is 62.5 cm³/mol. The van der Waals surface area contributed by atoms with Gasteiger partial charge in [0.05, 0.1) is 5.60 Å². The van der Waals surface area contributed by atoms with Crippen LogP contribution in [-0.2, 0) is 4.74 Å². The van der Waals surface area contributed by atoms with Crippen molar-refractivity contribution in [2.45, 2.75) is 18.4 Å². The first-order valence-electron chi connectivity index (χ1n) is 5.72. The lowest BCUT2D eigenvalue weighted by Crippen LogP contribution is -2.46. The maximum atomic E-state index is 13.5. The van der Waals surface area contributed by atoms with Crippen LogP contribution in [0.3, 0.4) is 0 Å². The molecule has 2 rings (SSSR count). The Balaban J connectivity index is 2.06.